The van der Waals surface area contributed by atoms with E-state index < -0.39 is 0 Å². The van der Waals surface area contributed by atoms with E-state index in [1.807, 2.05) is 0 Å². The Morgan fingerprint density at radius 1 is 0.789 bits per heavy atom. The van der Waals surface area contributed by atoms with Gasteiger partial charge in [0.25, 0.3) is 0 Å². The van der Waals surface area contributed by atoms with Gasteiger partial charge >= 0.3 is 0 Å². The van der Waals surface area contributed by atoms with Crippen LogP contribution in [-0.4, -0.2) is 0 Å². The summed E-state index contributed by atoms with van der Waals surface area (Å²) in [6.07, 6.45) is 4.54. The van der Waals surface area contributed by atoms with E-state index in [1.54, 1.807) is 0 Å². The average Bonchev–Trinajstić information content (AvgIpc) is 2.50. The molecule has 1 fully saturated rings. The summed E-state index contributed by atoms with van der Waals surface area (Å²) < 4.78 is 0. The first-order valence-corrected chi connectivity index (χ1v) is 7.17. The Morgan fingerprint density at radius 2 is 1.32 bits per heavy atom. The predicted octanol–water partition coefficient (Wildman–Crippen LogP) is 4.20. The van der Waals surface area contributed by atoms with Gasteiger partial charge in [-0.25, -0.2) is 0 Å². The lowest BCUT2D eigenvalue weighted by Crippen LogP contribution is -2.40. The van der Waals surface area contributed by atoms with Crippen LogP contribution in [0.25, 0.3) is 0 Å². The molecule has 0 bridgehead atoms. The third-order valence-corrected chi connectivity index (χ3v) is 4.50. The van der Waals surface area contributed by atoms with Gasteiger partial charge in [-0.3, -0.25) is 0 Å². The Hall–Kier alpha value is -1.60. The molecule has 1 heteroatoms. The number of benzene rings is 2. The maximum absolute atomic E-state index is 6.62. The summed E-state index contributed by atoms with van der Waals surface area (Å²) in [6.45, 7) is 0. The van der Waals surface area contributed by atoms with Crippen LogP contribution in [0.3, 0.4) is 0 Å². The Morgan fingerprint density at radius 3 is 1.89 bits per heavy atom. The third-order valence-electron chi connectivity index (χ3n) is 4.50. The van der Waals surface area contributed by atoms with Crippen molar-refractivity contribution in [2.75, 3.05) is 0 Å². The van der Waals surface area contributed by atoms with E-state index in [4.69, 9.17) is 5.73 Å². The average molecular weight is 251 g/mol. The minimum Gasteiger partial charge on any atom is -0.321 e. The Bertz CT molecular complexity index is 510. The maximum atomic E-state index is 6.62. The minimum atomic E-state index is -0.119. The SMILES string of the molecule is NC1(c2ccccc2)CCC(c2ccccc2)CC1. The summed E-state index contributed by atoms with van der Waals surface area (Å²) in [4.78, 5) is 0. The molecule has 1 nitrogen and oxygen atoms in total. The lowest BCUT2D eigenvalue weighted by atomic mass is 9.71. The maximum Gasteiger partial charge on any atom is 0.0410 e. The normalized spacial score (nSPS) is 27.1. The lowest BCUT2D eigenvalue weighted by Gasteiger charge is -2.37. The lowest BCUT2D eigenvalue weighted by molar-refractivity contribution is 0.277. The second kappa shape index (κ2) is 5.18. The molecule has 0 amide bonds. The third kappa shape index (κ3) is 2.57. The zero-order valence-corrected chi connectivity index (χ0v) is 11.3. The molecule has 0 unspecified atom stereocenters. The predicted molar refractivity (Wildman–Crippen MR) is 80.0 cm³/mol. The van der Waals surface area contributed by atoms with Crippen molar-refractivity contribution in [1.29, 1.82) is 0 Å². The van der Waals surface area contributed by atoms with Crippen molar-refractivity contribution in [1.82, 2.24) is 0 Å². The number of nitrogens with two attached hydrogens (primary N) is 1. The first-order chi connectivity index (χ1) is 9.28. The topological polar surface area (TPSA) is 26.0 Å². The van der Waals surface area contributed by atoms with Crippen LogP contribution in [0.15, 0.2) is 60.7 Å². The molecule has 3 rings (SSSR count). The van der Waals surface area contributed by atoms with Crippen molar-refractivity contribution >= 4 is 0 Å². The van der Waals surface area contributed by atoms with Gasteiger partial charge in [0, 0.05) is 5.54 Å². The van der Waals surface area contributed by atoms with Crippen LogP contribution >= 0.6 is 0 Å². The number of hydrogen-bond donors (Lipinski definition) is 1. The summed E-state index contributed by atoms with van der Waals surface area (Å²) >= 11 is 0. The van der Waals surface area contributed by atoms with Gasteiger partial charge in [-0.15, -0.1) is 0 Å². The van der Waals surface area contributed by atoms with E-state index in [1.165, 1.54) is 24.0 Å². The summed E-state index contributed by atoms with van der Waals surface area (Å²) in [5, 5.41) is 0. The van der Waals surface area contributed by atoms with E-state index in [0.717, 1.165) is 12.8 Å². The van der Waals surface area contributed by atoms with Crippen LogP contribution in [-0.2, 0) is 5.54 Å². The van der Waals surface area contributed by atoms with Crippen molar-refractivity contribution in [3.8, 4) is 0 Å². The van der Waals surface area contributed by atoms with Gasteiger partial charge in [0.15, 0.2) is 0 Å². The first kappa shape index (κ1) is 12.4. The summed E-state index contributed by atoms with van der Waals surface area (Å²) in [5.41, 5.74) is 9.27. The fourth-order valence-corrected chi connectivity index (χ4v) is 3.25. The highest BCUT2D eigenvalue weighted by Crippen LogP contribution is 2.41. The molecule has 1 aliphatic rings. The fraction of sp³-hybridized carbons (Fsp3) is 0.333. The van der Waals surface area contributed by atoms with Crippen LogP contribution in [0.5, 0.6) is 0 Å². The van der Waals surface area contributed by atoms with Crippen molar-refractivity contribution < 1.29 is 0 Å². The van der Waals surface area contributed by atoms with Gasteiger partial charge in [0.2, 0.25) is 0 Å². The zero-order chi connectivity index (χ0) is 13.1. The molecule has 1 aliphatic carbocycles. The minimum absolute atomic E-state index is 0.119. The molecule has 0 saturated heterocycles. The Balaban J connectivity index is 1.73. The molecule has 2 N–H and O–H groups in total. The van der Waals surface area contributed by atoms with Gasteiger partial charge in [-0.2, -0.15) is 0 Å². The molecule has 0 atom stereocenters. The summed E-state index contributed by atoms with van der Waals surface area (Å²) in [5.74, 6) is 0.682. The first-order valence-electron chi connectivity index (χ1n) is 7.17. The van der Waals surface area contributed by atoms with Crippen molar-refractivity contribution in [3.05, 3.63) is 71.8 Å². The highest BCUT2D eigenvalue weighted by atomic mass is 14.7. The van der Waals surface area contributed by atoms with Crippen LogP contribution in [0.2, 0.25) is 0 Å². The highest BCUT2D eigenvalue weighted by Gasteiger charge is 2.33. The van der Waals surface area contributed by atoms with Crippen molar-refractivity contribution in [2.24, 2.45) is 5.73 Å². The number of rotatable bonds is 2. The van der Waals surface area contributed by atoms with Crippen molar-refractivity contribution in [3.63, 3.8) is 0 Å². The largest absolute Gasteiger partial charge is 0.321 e. The molecule has 0 heterocycles. The van der Waals surface area contributed by atoms with Crippen molar-refractivity contribution in [2.45, 2.75) is 37.1 Å². The fourth-order valence-electron chi connectivity index (χ4n) is 3.25. The molecule has 19 heavy (non-hydrogen) atoms. The van der Waals surface area contributed by atoms with Crippen LogP contribution < -0.4 is 5.73 Å². The summed E-state index contributed by atoms with van der Waals surface area (Å²) in [7, 11) is 0. The van der Waals surface area contributed by atoms with Crippen LogP contribution in [0.4, 0.5) is 0 Å². The molecule has 0 radical (unpaired) electrons. The highest BCUT2D eigenvalue weighted by molar-refractivity contribution is 5.27. The molecule has 0 aliphatic heterocycles. The van der Waals surface area contributed by atoms with E-state index >= 15 is 0 Å². The molecular weight excluding hydrogens is 230 g/mol. The van der Waals surface area contributed by atoms with E-state index in [0.29, 0.717) is 5.92 Å². The van der Waals surface area contributed by atoms with Gasteiger partial charge < -0.3 is 5.73 Å². The molecule has 0 aromatic heterocycles. The zero-order valence-electron chi connectivity index (χ0n) is 11.3. The quantitative estimate of drug-likeness (QED) is 0.850. The van der Waals surface area contributed by atoms with Crippen LogP contribution in [0.1, 0.15) is 42.7 Å². The summed E-state index contributed by atoms with van der Waals surface area (Å²) in [6, 6.07) is 21.4. The standard InChI is InChI=1S/C18H21N/c19-18(17-9-5-2-6-10-17)13-11-16(12-14-18)15-7-3-1-4-8-15/h1-10,16H,11-14,19H2. The van der Waals surface area contributed by atoms with E-state index in [9.17, 15) is 0 Å². The second-order valence-electron chi connectivity index (χ2n) is 5.71. The molecule has 1 saturated carbocycles. The molecule has 2 aromatic carbocycles. The van der Waals surface area contributed by atoms with E-state index in [2.05, 4.69) is 60.7 Å². The Labute approximate surface area is 115 Å². The van der Waals surface area contributed by atoms with Crippen LogP contribution in [0, 0.1) is 0 Å². The molecule has 98 valence electrons. The monoisotopic (exact) mass is 251 g/mol. The molecule has 0 spiro atoms. The van der Waals surface area contributed by atoms with Gasteiger partial charge in [0.1, 0.15) is 0 Å². The van der Waals surface area contributed by atoms with Gasteiger partial charge in [-0.1, -0.05) is 60.7 Å². The van der Waals surface area contributed by atoms with Gasteiger partial charge in [0.05, 0.1) is 0 Å². The van der Waals surface area contributed by atoms with Gasteiger partial charge in [-0.05, 0) is 42.7 Å². The molecule has 2 aromatic rings. The second-order valence-corrected chi connectivity index (χ2v) is 5.71. The smallest absolute Gasteiger partial charge is 0.0410 e. The molecular formula is C18H21N. The van der Waals surface area contributed by atoms with E-state index in [-0.39, 0.29) is 5.54 Å². The number of hydrogen-bond acceptors (Lipinski definition) is 1. The Kier molecular flexibility index (Phi) is 3.39.